The molecule has 0 saturated carbocycles. The largest absolute Gasteiger partial charge is 0.461 e. The molecule has 0 bridgehead atoms. The monoisotopic (exact) mass is 267 g/mol. The van der Waals surface area contributed by atoms with Crippen molar-refractivity contribution in [2.75, 3.05) is 6.61 Å². The molecule has 1 aromatic carbocycles. The number of allylic oxidation sites excluding steroid dienone is 1. The van der Waals surface area contributed by atoms with Crippen molar-refractivity contribution in [3.05, 3.63) is 47.0 Å². The van der Waals surface area contributed by atoms with Gasteiger partial charge in [0.25, 0.3) is 0 Å². The summed E-state index contributed by atoms with van der Waals surface area (Å²) in [6.45, 7) is 3.59. The molecule has 0 amide bonds. The van der Waals surface area contributed by atoms with Crippen LogP contribution in [0.5, 0.6) is 0 Å². The summed E-state index contributed by atoms with van der Waals surface area (Å²) in [6.07, 6.45) is 0. The lowest BCUT2D eigenvalue weighted by molar-refractivity contribution is -0.138. The molecule has 6 heteroatoms. The summed E-state index contributed by atoms with van der Waals surface area (Å²) in [5.74, 6) is 4.78. The van der Waals surface area contributed by atoms with Gasteiger partial charge in [-0.3, -0.25) is 0 Å². The Kier molecular flexibility index (Phi) is 5.32. The van der Waals surface area contributed by atoms with Crippen LogP contribution in [0.2, 0.25) is 0 Å². The first kappa shape index (κ1) is 15.0. The Morgan fingerprint density at radius 3 is 2.63 bits per heavy atom. The first-order chi connectivity index (χ1) is 8.97. The van der Waals surface area contributed by atoms with Crippen LogP contribution in [0.4, 0.5) is 4.39 Å². The zero-order valence-electron chi connectivity index (χ0n) is 11.0. The van der Waals surface area contributed by atoms with Crippen LogP contribution >= 0.6 is 0 Å². The van der Waals surface area contributed by atoms with Gasteiger partial charge in [-0.2, -0.15) is 0 Å². The van der Waals surface area contributed by atoms with Crippen LogP contribution in [0.25, 0.3) is 0 Å². The SMILES string of the molecule is CCOC(=O)/C(N)=C(\C)N(N)Cc1ccccc1F. The highest BCUT2D eigenvalue weighted by atomic mass is 19.1. The van der Waals surface area contributed by atoms with Crippen molar-refractivity contribution < 1.29 is 13.9 Å². The second-order valence-corrected chi connectivity index (χ2v) is 3.94. The quantitative estimate of drug-likeness (QED) is 0.363. The highest BCUT2D eigenvalue weighted by Crippen LogP contribution is 2.12. The Hall–Kier alpha value is -2.08. The van der Waals surface area contributed by atoms with Crippen LogP contribution in [0, 0.1) is 5.82 Å². The number of rotatable bonds is 5. The van der Waals surface area contributed by atoms with Crippen molar-refractivity contribution in [2.45, 2.75) is 20.4 Å². The minimum atomic E-state index is -0.635. The molecule has 104 valence electrons. The van der Waals surface area contributed by atoms with Gasteiger partial charge < -0.3 is 15.5 Å². The first-order valence-electron chi connectivity index (χ1n) is 5.86. The molecule has 0 heterocycles. The van der Waals surface area contributed by atoms with Crippen LogP contribution in [0.1, 0.15) is 19.4 Å². The van der Waals surface area contributed by atoms with Crippen molar-refractivity contribution in [3.63, 3.8) is 0 Å². The maximum atomic E-state index is 13.5. The molecule has 0 aliphatic carbocycles. The Morgan fingerprint density at radius 1 is 1.42 bits per heavy atom. The van der Waals surface area contributed by atoms with Gasteiger partial charge in [-0.1, -0.05) is 18.2 Å². The molecule has 0 saturated heterocycles. The van der Waals surface area contributed by atoms with Gasteiger partial charge in [0.1, 0.15) is 11.5 Å². The minimum Gasteiger partial charge on any atom is -0.461 e. The standard InChI is InChI=1S/C13H18FN3O2/c1-3-19-13(18)12(15)9(2)17(16)8-10-6-4-5-7-11(10)14/h4-7H,3,8,15-16H2,1-2H3/b12-9-. The van der Waals surface area contributed by atoms with E-state index in [4.69, 9.17) is 16.3 Å². The van der Waals surface area contributed by atoms with Crippen molar-refractivity contribution in [1.82, 2.24) is 5.01 Å². The van der Waals surface area contributed by atoms with Crippen LogP contribution in [0.3, 0.4) is 0 Å². The van der Waals surface area contributed by atoms with Gasteiger partial charge in [0.05, 0.1) is 18.8 Å². The third kappa shape index (κ3) is 3.96. The Morgan fingerprint density at radius 2 is 2.05 bits per heavy atom. The lowest BCUT2D eigenvalue weighted by Gasteiger charge is -2.21. The summed E-state index contributed by atoms with van der Waals surface area (Å²) in [5, 5.41) is 1.21. The highest BCUT2D eigenvalue weighted by Gasteiger charge is 2.14. The zero-order valence-corrected chi connectivity index (χ0v) is 11.0. The lowest BCUT2D eigenvalue weighted by atomic mass is 10.2. The average molecular weight is 267 g/mol. The smallest absolute Gasteiger partial charge is 0.356 e. The maximum absolute atomic E-state index is 13.5. The fourth-order valence-corrected chi connectivity index (χ4v) is 1.44. The molecule has 1 rings (SSSR count). The summed E-state index contributed by atoms with van der Waals surface area (Å²) in [7, 11) is 0. The second kappa shape index (κ2) is 6.75. The third-order valence-corrected chi connectivity index (χ3v) is 2.61. The number of nitrogens with zero attached hydrogens (tertiary/aromatic N) is 1. The van der Waals surface area contributed by atoms with Gasteiger partial charge in [0, 0.05) is 5.56 Å². The van der Waals surface area contributed by atoms with E-state index in [-0.39, 0.29) is 24.7 Å². The van der Waals surface area contributed by atoms with Crippen molar-refractivity contribution >= 4 is 5.97 Å². The van der Waals surface area contributed by atoms with Crippen molar-refractivity contribution in [2.24, 2.45) is 11.6 Å². The molecule has 5 nitrogen and oxygen atoms in total. The molecule has 4 N–H and O–H groups in total. The van der Waals surface area contributed by atoms with Crippen LogP contribution in [0.15, 0.2) is 35.7 Å². The van der Waals surface area contributed by atoms with Gasteiger partial charge in [0.15, 0.2) is 0 Å². The van der Waals surface area contributed by atoms with E-state index in [1.54, 1.807) is 32.0 Å². The van der Waals surface area contributed by atoms with E-state index in [0.717, 1.165) is 0 Å². The predicted octanol–water partition coefficient (Wildman–Crippen LogP) is 1.25. The number of benzene rings is 1. The van der Waals surface area contributed by atoms with Gasteiger partial charge in [-0.25, -0.2) is 15.0 Å². The van der Waals surface area contributed by atoms with Gasteiger partial charge in [-0.15, -0.1) is 0 Å². The highest BCUT2D eigenvalue weighted by molar-refractivity contribution is 5.88. The molecule has 0 aliphatic rings. The molecule has 1 aromatic rings. The Balaban J connectivity index is 2.83. The second-order valence-electron chi connectivity index (χ2n) is 3.94. The lowest BCUT2D eigenvalue weighted by Crippen LogP contribution is -2.33. The molecule has 19 heavy (non-hydrogen) atoms. The van der Waals surface area contributed by atoms with Gasteiger partial charge in [-0.05, 0) is 19.9 Å². The van der Waals surface area contributed by atoms with Crippen molar-refractivity contribution in [3.8, 4) is 0 Å². The molecular formula is C13H18FN3O2. The van der Waals surface area contributed by atoms with E-state index in [2.05, 4.69) is 0 Å². The summed E-state index contributed by atoms with van der Waals surface area (Å²) in [4.78, 5) is 11.4. The number of esters is 1. The molecule has 0 spiro atoms. The topological polar surface area (TPSA) is 81.6 Å². The van der Waals surface area contributed by atoms with Crippen LogP contribution in [-0.2, 0) is 16.1 Å². The molecule has 0 radical (unpaired) electrons. The number of hydrogen-bond acceptors (Lipinski definition) is 5. The normalized spacial score (nSPS) is 11.8. The molecule has 0 atom stereocenters. The zero-order chi connectivity index (χ0) is 14.4. The fraction of sp³-hybridized carbons (Fsp3) is 0.308. The predicted molar refractivity (Wildman–Crippen MR) is 69.7 cm³/mol. The number of nitrogens with two attached hydrogens (primary N) is 2. The van der Waals surface area contributed by atoms with E-state index in [1.807, 2.05) is 0 Å². The Bertz CT molecular complexity index is 489. The van der Waals surface area contributed by atoms with E-state index in [9.17, 15) is 9.18 Å². The van der Waals surface area contributed by atoms with Crippen molar-refractivity contribution in [1.29, 1.82) is 0 Å². The number of halogens is 1. The number of ether oxygens (including phenoxy) is 1. The molecule has 0 aromatic heterocycles. The molecule has 0 unspecified atom stereocenters. The first-order valence-corrected chi connectivity index (χ1v) is 5.86. The molecular weight excluding hydrogens is 249 g/mol. The van der Waals surface area contributed by atoms with Gasteiger partial charge in [0.2, 0.25) is 0 Å². The number of hydrazine groups is 1. The Labute approximate surface area is 111 Å². The fourth-order valence-electron chi connectivity index (χ4n) is 1.44. The van der Waals surface area contributed by atoms with E-state index < -0.39 is 5.97 Å². The van der Waals surface area contributed by atoms with Crippen LogP contribution in [-0.4, -0.2) is 17.6 Å². The summed E-state index contributed by atoms with van der Waals surface area (Å²) in [5.41, 5.74) is 6.30. The summed E-state index contributed by atoms with van der Waals surface area (Å²) >= 11 is 0. The molecule has 0 aliphatic heterocycles. The van der Waals surface area contributed by atoms with E-state index in [1.165, 1.54) is 11.1 Å². The maximum Gasteiger partial charge on any atom is 0.356 e. The third-order valence-electron chi connectivity index (χ3n) is 2.61. The van der Waals surface area contributed by atoms with Gasteiger partial charge >= 0.3 is 5.97 Å². The summed E-state index contributed by atoms with van der Waals surface area (Å²) in [6, 6.07) is 6.26. The minimum absolute atomic E-state index is 0.0827. The number of carbonyl (C=O) groups is 1. The number of carbonyl (C=O) groups excluding carboxylic acids is 1. The average Bonchev–Trinajstić information content (AvgIpc) is 2.39. The summed E-state index contributed by atoms with van der Waals surface area (Å²) < 4.78 is 18.2. The van der Waals surface area contributed by atoms with E-state index >= 15 is 0 Å². The molecule has 0 fully saturated rings. The van der Waals surface area contributed by atoms with Crippen LogP contribution < -0.4 is 11.6 Å². The number of hydrogen-bond donors (Lipinski definition) is 2. The van der Waals surface area contributed by atoms with E-state index in [0.29, 0.717) is 11.3 Å².